The first-order valence-corrected chi connectivity index (χ1v) is 5.95. The standard InChI is InChI=1S/C13H13N5O3/c14-12(18-20)8-21-10-3-1-2-9(6-10)17-13(19)11-7-15-4-5-16-11/h1-7,20H,8H2,(H2,14,18)(H,17,19). The summed E-state index contributed by atoms with van der Waals surface area (Å²) in [6, 6.07) is 6.69. The second-order valence-corrected chi connectivity index (χ2v) is 3.95. The third-order valence-electron chi connectivity index (χ3n) is 2.40. The number of aromatic nitrogens is 2. The van der Waals surface area contributed by atoms with Crippen molar-refractivity contribution in [2.45, 2.75) is 0 Å². The molecule has 0 aliphatic rings. The van der Waals surface area contributed by atoms with Crippen LogP contribution in [0.25, 0.3) is 0 Å². The lowest BCUT2D eigenvalue weighted by molar-refractivity contribution is 0.102. The van der Waals surface area contributed by atoms with E-state index in [1.165, 1.54) is 18.6 Å². The van der Waals surface area contributed by atoms with E-state index in [9.17, 15) is 4.79 Å². The summed E-state index contributed by atoms with van der Waals surface area (Å²) in [7, 11) is 0. The highest BCUT2D eigenvalue weighted by atomic mass is 16.5. The molecule has 0 bridgehead atoms. The van der Waals surface area contributed by atoms with Crippen LogP contribution in [0.4, 0.5) is 5.69 Å². The molecule has 8 nitrogen and oxygen atoms in total. The molecule has 2 rings (SSSR count). The van der Waals surface area contributed by atoms with Gasteiger partial charge in [0.25, 0.3) is 5.91 Å². The fourth-order valence-corrected chi connectivity index (χ4v) is 1.46. The number of nitrogens with one attached hydrogen (secondary N) is 1. The third-order valence-corrected chi connectivity index (χ3v) is 2.40. The van der Waals surface area contributed by atoms with Gasteiger partial charge in [0.1, 0.15) is 18.1 Å². The molecule has 108 valence electrons. The summed E-state index contributed by atoms with van der Waals surface area (Å²) in [5.41, 5.74) is 6.04. The maximum atomic E-state index is 11.9. The fourth-order valence-electron chi connectivity index (χ4n) is 1.46. The number of carbonyl (C=O) groups excluding carboxylic acids is 1. The van der Waals surface area contributed by atoms with E-state index in [0.717, 1.165) is 0 Å². The Bertz CT molecular complexity index is 645. The number of ether oxygens (including phenoxy) is 1. The Hall–Kier alpha value is -3.16. The van der Waals surface area contributed by atoms with E-state index in [2.05, 4.69) is 20.4 Å². The zero-order chi connectivity index (χ0) is 15.1. The van der Waals surface area contributed by atoms with E-state index in [4.69, 9.17) is 15.7 Å². The molecule has 4 N–H and O–H groups in total. The lowest BCUT2D eigenvalue weighted by atomic mass is 10.3. The maximum Gasteiger partial charge on any atom is 0.275 e. The van der Waals surface area contributed by atoms with Crippen LogP contribution in [0.1, 0.15) is 10.5 Å². The molecule has 1 amide bonds. The number of nitrogens with two attached hydrogens (primary N) is 1. The highest BCUT2D eigenvalue weighted by molar-refractivity contribution is 6.02. The van der Waals surface area contributed by atoms with Gasteiger partial charge in [-0.3, -0.25) is 9.78 Å². The van der Waals surface area contributed by atoms with Crippen LogP contribution in [0.2, 0.25) is 0 Å². The molecule has 1 aromatic carbocycles. The van der Waals surface area contributed by atoms with Crippen molar-refractivity contribution in [3.05, 3.63) is 48.5 Å². The van der Waals surface area contributed by atoms with E-state index in [-0.39, 0.29) is 24.0 Å². The molecular weight excluding hydrogens is 274 g/mol. The minimum absolute atomic E-state index is 0.0519. The van der Waals surface area contributed by atoms with Crippen molar-refractivity contribution in [2.75, 3.05) is 11.9 Å². The van der Waals surface area contributed by atoms with Gasteiger partial charge in [0, 0.05) is 24.1 Å². The first-order chi connectivity index (χ1) is 10.2. The van der Waals surface area contributed by atoms with Crippen molar-refractivity contribution in [1.29, 1.82) is 0 Å². The Labute approximate surface area is 120 Å². The van der Waals surface area contributed by atoms with Crippen molar-refractivity contribution in [3.8, 4) is 5.75 Å². The quantitative estimate of drug-likeness (QED) is 0.324. The van der Waals surface area contributed by atoms with Gasteiger partial charge < -0.3 is 21.0 Å². The maximum absolute atomic E-state index is 11.9. The molecule has 2 aromatic rings. The number of anilines is 1. The van der Waals surface area contributed by atoms with Crippen LogP contribution >= 0.6 is 0 Å². The summed E-state index contributed by atoms with van der Waals surface area (Å²) in [5, 5.41) is 13.9. The lowest BCUT2D eigenvalue weighted by Gasteiger charge is -2.08. The Morgan fingerprint density at radius 1 is 1.43 bits per heavy atom. The Morgan fingerprint density at radius 3 is 3.00 bits per heavy atom. The van der Waals surface area contributed by atoms with Gasteiger partial charge in [-0.15, -0.1) is 0 Å². The lowest BCUT2D eigenvalue weighted by Crippen LogP contribution is -2.20. The first-order valence-electron chi connectivity index (χ1n) is 5.95. The third kappa shape index (κ3) is 4.16. The minimum atomic E-state index is -0.378. The number of amidine groups is 1. The SMILES string of the molecule is NC(COc1cccc(NC(=O)c2cnccn2)c1)=NO. The van der Waals surface area contributed by atoms with Crippen LogP contribution in [-0.4, -0.2) is 33.5 Å². The second kappa shape index (κ2) is 6.85. The molecular formula is C13H13N5O3. The van der Waals surface area contributed by atoms with Gasteiger partial charge in [-0.2, -0.15) is 0 Å². The molecule has 0 unspecified atom stereocenters. The molecule has 0 fully saturated rings. The Balaban J connectivity index is 2.02. The number of oxime groups is 1. The van der Waals surface area contributed by atoms with Crippen molar-refractivity contribution in [2.24, 2.45) is 10.9 Å². The normalized spacial score (nSPS) is 11.0. The van der Waals surface area contributed by atoms with Crippen LogP contribution < -0.4 is 15.8 Å². The van der Waals surface area contributed by atoms with Crippen LogP contribution in [0, 0.1) is 0 Å². The van der Waals surface area contributed by atoms with Gasteiger partial charge in [0.05, 0.1) is 6.20 Å². The largest absolute Gasteiger partial charge is 0.485 e. The average molecular weight is 287 g/mol. The summed E-state index contributed by atoms with van der Waals surface area (Å²) < 4.78 is 5.29. The molecule has 8 heteroatoms. The summed E-state index contributed by atoms with van der Waals surface area (Å²) in [6.07, 6.45) is 4.29. The van der Waals surface area contributed by atoms with E-state index in [1.807, 2.05) is 0 Å². The number of rotatable bonds is 5. The van der Waals surface area contributed by atoms with Crippen LogP contribution in [0.3, 0.4) is 0 Å². The Kier molecular flexibility index (Phi) is 4.65. The highest BCUT2D eigenvalue weighted by Gasteiger charge is 2.08. The zero-order valence-corrected chi connectivity index (χ0v) is 10.9. The summed E-state index contributed by atoms with van der Waals surface area (Å²) in [4.78, 5) is 19.6. The van der Waals surface area contributed by atoms with Crippen LogP contribution in [0.5, 0.6) is 5.75 Å². The van der Waals surface area contributed by atoms with Gasteiger partial charge in [0.15, 0.2) is 5.84 Å². The number of carbonyl (C=O) groups is 1. The molecule has 1 heterocycles. The fraction of sp³-hybridized carbons (Fsp3) is 0.0769. The van der Waals surface area contributed by atoms with Crippen molar-refractivity contribution in [3.63, 3.8) is 0 Å². The number of hydrogen-bond donors (Lipinski definition) is 3. The Morgan fingerprint density at radius 2 is 2.29 bits per heavy atom. The first kappa shape index (κ1) is 14.3. The van der Waals surface area contributed by atoms with Crippen molar-refractivity contribution >= 4 is 17.4 Å². The molecule has 0 radical (unpaired) electrons. The predicted molar refractivity (Wildman–Crippen MR) is 75.3 cm³/mol. The van der Waals surface area contributed by atoms with Crippen LogP contribution in [0.15, 0.2) is 48.0 Å². The van der Waals surface area contributed by atoms with Gasteiger partial charge >= 0.3 is 0 Å². The number of amides is 1. The molecule has 1 aromatic heterocycles. The minimum Gasteiger partial charge on any atom is -0.485 e. The van der Waals surface area contributed by atoms with Gasteiger partial charge in [-0.1, -0.05) is 11.2 Å². The molecule has 21 heavy (non-hydrogen) atoms. The second-order valence-electron chi connectivity index (χ2n) is 3.95. The number of benzene rings is 1. The van der Waals surface area contributed by atoms with E-state index in [0.29, 0.717) is 11.4 Å². The molecule has 0 atom stereocenters. The van der Waals surface area contributed by atoms with Gasteiger partial charge in [0.2, 0.25) is 0 Å². The van der Waals surface area contributed by atoms with E-state index < -0.39 is 0 Å². The van der Waals surface area contributed by atoms with Crippen LogP contribution in [-0.2, 0) is 0 Å². The highest BCUT2D eigenvalue weighted by Crippen LogP contribution is 2.17. The monoisotopic (exact) mass is 287 g/mol. The summed E-state index contributed by atoms with van der Waals surface area (Å²) in [5.74, 6) is 0.0410. The average Bonchev–Trinajstić information content (AvgIpc) is 2.53. The predicted octanol–water partition coefficient (Wildman–Crippen LogP) is 0.854. The molecule has 0 saturated carbocycles. The van der Waals surface area contributed by atoms with Gasteiger partial charge in [-0.25, -0.2) is 4.98 Å². The van der Waals surface area contributed by atoms with Crippen molar-refractivity contribution in [1.82, 2.24) is 9.97 Å². The summed E-state index contributed by atoms with van der Waals surface area (Å²) in [6.45, 7) is -0.0575. The topological polar surface area (TPSA) is 123 Å². The van der Waals surface area contributed by atoms with Crippen molar-refractivity contribution < 1.29 is 14.7 Å². The van der Waals surface area contributed by atoms with E-state index in [1.54, 1.807) is 24.3 Å². The smallest absolute Gasteiger partial charge is 0.275 e. The number of hydrogen-bond acceptors (Lipinski definition) is 6. The number of nitrogens with zero attached hydrogens (tertiary/aromatic N) is 3. The van der Waals surface area contributed by atoms with Gasteiger partial charge in [-0.05, 0) is 12.1 Å². The molecule has 0 saturated heterocycles. The van der Waals surface area contributed by atoms with E-state index >= 15 is 0 Å². The molecule has 0 aliphatic carbocycles. The zero-order valence-electron chi connectivity index (χ0n) is 10.9. The molecule has 0 aliphatic heterocycles. The summed E-state index contributed by atoms with van der Waals surface area (Å²) >= 11 is 0. The molecule has 0 spiro atoms.